The Hall–Kier alpha value is -2.44. The zero-order valence-corrected chi connectivity index (χ0v) is 16.3. The van der Waals surface area contributed by atoms with E-state index in [1.807, 2.05) is 32.0 Å². The fourth-order valence-corrected chi connectivity index (χ4v) is 3.89. The van der Waals surface area contributed by atoms with E-state index in [9.17, 15) is 14.3 Å². The number of thiazole rings is 1. The maximum atomic E-state index is 13.9. The van der Waals surface area contributed by atoms with Gasteiger partial charge in [-0.3, -0.25) is 4.79 Å². The first-order chi connectivity index (χ1) is 12.9. The van der Waals surface area contributed by atoms with Gasteiger partial charge in [0.25, 0.3) is 0 Å². The standard InChI is InChI=1S/C20H17ClFNO3S/c1-3-26-16-7-5-13(8-11(16)2)20-23-19(17(27-20)10-18(24)25)12-4-6-14(21)15(22)9-12/h4-9H,3,10H2,1-2H3,(H,24,25). The number of carboxylic acid groups (broad SMARTS) is 1. The highest BCUT2D eigenvalue weighted by Crippen LogP contribution is 2.36. The summed E-state index contributed by atoms with van der Waals surface area (Å²) in [6, 6.07) is 10.0. The van der Waals surface area contributed by atoms with E-state index in [0.717, 1.165) is 16.9 Å². The molecule has 0 unspecified atom stereocenters. The molecule has 0 saturated carbocycles. The summed E-state index contributed by atoms with van der Waals surface area (Å²) in [6.45, 7) is 4.44. The number of benzene rings is 2. The summed E-state index contributed by atoms with van der Waals surface area (Å²) >= 11 is 7.04. The molecule has 1 heterocycles. The molecule has 0 radical (unpaired) electrons. The lowest BCUT2D eigenvalue weighted by atomic mass is 10.1. The Labute approximate surface area is 165 Å². The molecule has 0 saturated heterocycles. The van der Waals surface area contributed by atoms with Crippen molar-refractivity contribution in [3.8, 4) is 27.6 Å². The van der Waals surface area contributed by atoms with Crippen molar-refractivity contribution >= 4 is 28.9 Å². The number of aliphatic carboxylic acids is 1. The summed E-state index contributed by atoms with van der Waals surface area (Å²) < 4.78 is 19.4. The molecular formula is C20H17ClFNO3S. The molecule has 0 aliphatic carbocycles. The SMILES string of the molecule is CCOc1ccc(-c2nc(-c3ccc(Cl)c(F)c3)c(CC(=O)O)s2)cc1C. The highest BCUT2D eigenvalue weighted by Gasteiger charge is 2.18. The predicted molar refractivity (Wildman–Crippen MR) is 105 cm³/mol. The van der Waals surface area contributed by atoms with Gasteiger partial charge in [-0.2, -0.15) is 0 Å². The summed E-state index contributed by atoms with van der Waals surface area (Å²) in [5.41, 5.74) is 2.77. The summed E-state index contributed by atoms with van der Waals surface area (Å²) in [4.78, 5) is 16.4. The Morgan fingerprint density at radius 1 is 1.26 bits per heavy atom. The minimum Gasteiger partial charge on any atom is -0.494 e. The molecule has 4 nitrogen and oxygen atoms in total. The van der Waals surface area contributed by atoms with Crippen molar-refractivity contribution in [2.24, 2.45) is 0 Å². The highest BCUT2D eigenvalue weighted by molar-refractivity contribution is 7.15. The second kappa shape index (κ2) is 8.06. The van der Waals surface area contributed by atoms with E-state index < -0.39 is 11.8 Å². The number of ether oxygens (including phenoxy) is 1. The van der Waals surface area contributed by atoms with E-state index in [2.05, 4.69) is 4.98 Å². The van der Waals surface area contributed by atoms with E-state index in [-0.39, 0.29) is 11.4 Å². The topological polar surface area (TPSA) is 59.4 Å². The number of carboxylic acids is 1. The lowest BCUT2D eigenvalue weighted by Crippen LogP contribution is -1.99. The van der Waals surface area contributed by atoms with Crippen LogP contribution in [0.5, 0.6) is 5.75 Å². The van der Waals surface area contributed by atoms with Gasteiger partial charge in [0, 0.05) is 16.0 Å². The van der Waals surface area contributed by atoms with E-state index >= 15 is 0 Å². The quantitative estimate of drug-likeness (QED) is 0.579. The molecule has 27 heavy (non-hydrogen) atoms. The molecule has 0 aliphatic heterocycles. The largest absolute Gasteiger partial charge is 0.494 e. The van der Waals surface area contributed by atoms with Crippen LogP contribution >= 0.6 is 22.9 Å². The Bertz CT molecular complexity index is 1000. The molecule has 0 fully saturated rings. The number of rotatable bonds is 6. The molecule has 3 aromatic rings. The molecule has 1 N–H and O–H groups in total. The van der Waals surface area contributed by atoms with Crippen LogP contribution in [0.15, 0.2) is 36.4 Å². The predicted octanol–water partition coefficient (Wildman–Crippen LogP) is 5.60. The Balaban J connectivity index is 2.07. The Morgan fingerprint density at radius 3 is 2.63 bits per heavy atom. The monoisotopic (exact) mass is 405 g/mol. The number of hydrogen-bond donors (Lipinski definition) is 1. The first-order valence-electron chi connectivity index (χ1n) is 8.29. The van der Waals surface area contributed by atoms with Crippen LogP contribution in [0.25, 0.3) is 21.8 Å². The van der Waals surface area contributed by atoms with Crippen molar-refractivity contribution < 1.29 is 19.0 Å². The van der Waals surface area contributed by atoms with Crippen LogP contribution in [0.3, 0.4) is 0 Å². The van der Waals surface area contributed by atoms with Crippen molar-refractivity contribution in [3.05, 3.63) is 57.7 Å². The molecule has 2 aromatic carbocycles. The minimum absolute atomic E-state index is 0.0103. The number of carbonyl (C=O) groups is 1. The van der Waals surface area contributed by atoms with Crippen molar-refractivity contribution in [2.45, 2.75) is 20.3 Å². The Morgan fingerprint density at radius 2 is 2.00 bits per heavy atom. The molecule has 0 bridgehead atoms. The van der Waals surface area contributed by atoms with Crippen LogP contribution in [-0.4, -0.2) is 22.7 Å². The van der Waals surface area contributed by atoms with Crippen LogP contribution in [0.4, 0.5) is 4.39 Å². The van der Waals surface area contributed by atoms with Crippen LogP contribution in [0.2, 0.25) is 5.02 Å². The van der Waals surface area contributed by atoms with Gasteiger partial charge < -0.3 is 9.84 Å². The normalized spacial score (nSPS) is 10.8. The zero-order chi connectivity index (χ0) is 19.6. The lowest BCUT2D eigenvalue weighted by Gasteiger charge is -2.07. The summed E-state index contributed by atoms with van der Waals surface area (Å²) in [7, 11) is 0. The molecule has 0 aliphatic rings. The first-order valence-corrected chi connectivity index (χ1v) is 9.49. The van der Waals surface area contributed by atoms with Crippen LogP contribution < -0.4 is 4.74 Å². The third kappa shape index (κ3) is 4.28. The van der Waals surface area contributed by atoms with E-state index in [0.29, 0.717) is 27.7 Å². The number of aromatic nitrogens is 1. The molecule has 3 rings (SSSR count). The van der Waals surface area contributed by atoms with Gasteiger partial charge in [0.05, 0.1) is 23.7 Å². The van der Waals surface area contributed by atoms with Crippen LogP contribution in [0, 0.1) is 12.7 Å². The molecular weight excluding hydrogens is 389 g/mol. The van der Waals surface area contributed by atoms with Crippen LogP contribution in [-0.2, 0) is 11.2 Å². The van der Waals surface area contributed by atoms with Gasteiger partial charge in [0.15, 0.2) is 0 Å². The summed E-state index contributed by atoms with van der Waals surface area (Å²) in [5, 5.41) is 9.90. The average Bonchev–Trinajstić information content (AvgIpc) is 3.02. The summed E-state index contributed by atoms with van der Waals surface area (Å²) in [5.74, 6) is -0.741. The lowest BCUT2D eigenvalue weighted by molar-refractivity contribution is -0.136. The van der Waals surface area contributed by atoms with Gasteiger partial charge in [-0.25, -0.2) is 9.37 Å². The van der Waals surface area contributed by atoms with E-state index in [4.69, 9.17) is 16.3 Å². The summed E-state index contributed by atoms with van der Waals surface area (Å²) in [6.07, 6.45) is -0.187. The van der Waals surface area contributed by atoms with E-state index in [1.54, 1.807) is 6.07 Å². The van der Waals surface area contributed by atoms with Crippen molar-refractivity contribution in [2.75, 3.05) is 6.61 Å². The number of hydrogen-bond acceptors (Lipinski definition) is 4. The fraction of sp³-hybridized carbons (Fsp3) is 0.200. The molecule has 0 spiro atoms. The first kappa shape index (κ1) is 19.3. The van der Waals surface area contributed by atoms with Crippen molar-refractivity contribution in [3.63, 3.8) is 0 Å². The average molecular weight is 406 g/mol. The highest BCUT2D eigenvalue weighted by atomic mass is 35.5. The number of halogens is 2. The fourth-order valence-electron chi connectivity index (χ4n) is 2.70. The zero-order valence-electron chi connectivity index (χ0n) is 14.8. The van der Waals surface area contributed by atoms with Gasteiger partial charge in [-0.15, -0.1) is 11.3 Å². The van der Waals surface area contributed by atoms with Gasteiger partial charge in [-0.05, 0) is 49.7 Å². The number of nitrogens with zero attached hydrogens (tertiary/aromatic N) is 1. The molecule has 7 heteroatoms. The Kier molecular flexibility index (Phi) is 5.77. The number of aryl methyl sites for hydroxylation is 1. The van der Waals surface area contributed by atoms with Gasteiger partial charge in [-0.1, -0.05) is 17.7 Å². The van der Waals surface area contributed by atoms with E-state index in [1.165, 1.54) is 23.5 Å². The smallest absolute Gasteiger partial charge is 0.308 e. The molecule has 140 valence electrons. The second-order valence-corrected chi connectivity index (χ2v) is 7.39. The third-order valence-electron chi connectivity index (χ3n) is 3.92. The molecule has 1 aromatic heterocycles. The maximum Gasteiger partial charge on any atom is 0.308 e. The molecule has 0 amide bonds. The van der Waals surface area contributed by atoms with Gasteiger partial charge in [0.2, 0.25) is 0 Å². The van der Waals surface area contributed by atoms with Gasteiger partial charge >= 0.3 is 5.97 Å². The minimum atomic E-state index is -0.969. The van der Waals surface area contributed by atoms with Crippen molar-refractivity contribution in [1.29, 1.82) is 0 Å². The molecule has 0 atom stereocenters. The second-order valence-electron chi connectivity index (χ2n) is 5.90. The van der Waals surface area contributed by atoms with Crippen LogP contribution in [0.1, 0.15) is 17.4 Å². The van der Waals surface area contributed by atoms with Gasteiger partial charge in [0.1, 0.15) is 16.6 Å². The third-order valence-corrected chi connectivity index (χ3v) is 5.33. The van der Waals surface area contributed by atoms with Crippen molar-refractivity contribution in [1.82, 2.24) is 4.98 Å². The maximum absolute atomic E-state index is 13.9.